The first-order chi connectivity index (χ1) is 12.0. The Hall–Kier alpha value is -3.06. The van der Waals surface area contributed by atoms with E-state index in [1.54, 1.807) is 24.3 Å². The monoisotopic (exact) mass is 359 g/mol. The van der Waals surface area contributed by atoms with Crippen molar-refractivity contribution in [3.8, 4) is 11.3 Å². The standard InChI is InChI=1S/C17H14ClN3O4/c18-12-3-1-11(2-4-12)14-6-5-13(25-14)9-19-16(23)10-21-8-7-15(22)20-17(21)24/h1-8H,9-10H2,(H,19,23)(H,20,22,24). The van der Waals surface area contributed by atoms with Crippen LogP contribution in [0.2, 0.25) is 5.02 Å². The van der Waals surface area contributed by atoms with Crippen molar-refractivity contribution in [2.45, 2.75) is 13.1 Å². The van der Waals surface area contributed by atoms with Crippen molar-refractivity contribution in [1.82, 2.24) is 14.9 Å². The molecule has 3 rings (SSSR count). The lowest BCUT2D eigenvalue weighted by Crippen LogP contribution is -2.35. The first-order valence-electron chi connectivity index (χ1n) is 7.42. The molecule has 2 aromatic heterocycles. The first-order valence-corrected chi connectivity index (χ1v) is 7.80. The van der Waals surface area contributed by atoms with Crippen LogP contribution in [0.5, 0.6) is 0 Å². The van der Waals surface area contributed by atoms with Crippen LogP contribution >= 0.6 is 11.6 Å². The fraction of sp³-hybridized carbons (Fsp3) is 0.118. The smallest absolute Gasteiger partial charge is 0.328 e. The molecule has 2 heterocycles. The zero-order chi connectivity index (χ0) is 17.8. The van der Waals surface area contributed by atoms with Gasteiger partial charge in [0.15, 0.2) is 0 Å². The Balaban J connectivity index is 1.60. The molecule has 0 saturated carbocycles. The van der Waals surface area contributed by atoms with Gasteiger partial charge >= 0.3 is 5.69 Å². The van der Waals surface area contributed by atoms with Gasteiger partial charge in [-0.2, -0.15) is 0 Å². The second-order valence-electron chi connectivity index (χ2n) is 5.29. The fourth-order valence-electron chi connectivity index (χ4n) is 2.21. The third-order valence-corrected chi connectivity index (χ3v) is 3.71. The maximum atomic E-state index is 11.9. The number of nitrogens with zero attached hydrogens (tertiary/aromatic N) is 1. The van der Waals surface area contributed by atoms with Crippen molar-refractivity contribution in [2.24, 2.45) is 0 Å². The molecule has 0 unspecified atom stereocenters. The van der Waals surface area contributed by atoms with E-state index in [1.165, 1.54) is 12.3 Å². The van der Waals surface area contributed by atoms with Gasteiger partial charge in [-0.05, 0) is 36.4 Å². The van der Waals surface area contributed by atoms with Crippen LogP contribution in [0.1, 0.15) is 5.76 Å². The number of hydrogen-bond acceptors (Lipinski definition) is 4. The minimum atomic E-state index is -0.634. The predicted octanol–water partition coefficient (Wildman–Crippen LogP) is 1.77. The molecule has 25 heavy (non-hydrogen) atoms. The van der Waals surface area contributed by atoms with Crippen LogP contribution < -0.4 is 16.6 Å². The van der Waals surface area contributed by atoms with Crippen molar-refractivity contribution < 1.29 is 9.21 Å². The summed E-state index contributed by atoms with van der Waals surface area (Å²) in [4.78, 5) is 36.5. The normalized spacial score (nSPS) is 10.6. The van der Waals surface area contributed by atoms with Crippen LogP contribution in [0.4, 0.5) is 0 Å². The van der Waals surface area contributed by atoms with E-state index < -0.39 is 11.2 Å². The minimum Gasteiger partial charge on any atom is -0.459 e. The number of benzene rings is 1. The molecule has 1 amide bonds. The van der Waals surface area contributed by atoms with Crippen LogP contribution in [0, 0.1) is 0 Å². The molecule has 0 atom stereocenters. The van der Waals surface area contributed by atoms with Crippen LogP contribution in [-0.2, 0) is 17.9 Å². The Morgan fingerprint density at radius 2 is 1.88 bits per heavy atom. The van der Waals surface area contributed by atoms with E-state index in [2.05, 4.69) is 10.3 Å². The van der Waals surface area contributed by atoms with E-state index in [0.29, 0.717) is 16.5 Å². The average Bonchev–Trinajstić information content (AvgIpc) is 3.05. The maximum Gasteiger partial charge on any atom is 0.328 e. The highest BCUT2D eigenvalue weighted by Gasteiger charge is 2.08. The van der Waals surface area contributed by atoms with Crippen molar-refractivity contribution in [2.75, 3.05) is 0 Å². The van der Waals surface area contributed by atoms with Crippen LogP contribution in [0.25, 0.3) is 11.3 Å². The second kappa shape index (κ2) is 7.23. The van der Waals surface area contributed by atoms with Crippen LogP contribution in [-0.4, -0.2) is 15.5 Å². The molecule has 8 heteroatoms. The Bertz CT molecular complexity index is 1000. The van der Waals surface area contributed by atoms with Gasteiger partial charge in [0.05, 0.1) is 6.54 Å². The van der Waals surface area contributed by atoms with E-state index >= 15 is 0 Å². The second-order valence-corrected chi connectivity index (χ2v) is 5.72. The fourth-order valence-corrected chi connectivity index (χ4v) is 2.33. The Morgan fingerprint density at radius 1 is 1.12 bits per heavy atom. The van der Waals surface area contributed by atoms with E-state index in [0.717, 1.165) is 10.1 Å². The van der Waals surface area contributed by atoms with Crippen molar-refractivity contribution in [1.29, 1.82) is 0 Å². The Kier molecular flexibility index (Phi) is 4.85. The van der Waals surface area contributed by atoms with Gasteiger partial charge in [0.1, 0.15) is 18.1 Å². The number of amides is 1. The summed E-state index contributed by atoms with van der Waals surface area (Å²) in [6.07, 6.45) is 1.27. The highest BCUT2D eigenvalue weighted by molar-refractivity contribution is 6.30. The summed E-state index contributed by atoms with van der Waals surface area (Å²) < 4.78 is 6.78. The quantitative estimate of drug-likeness (QED) is 0.725. The molecule has 0 aliphatic carbocycles. The molecule has 0 fully saturated rings. The Labute approximate surface area is 146 Å². The minimum absolute atomic E-state index is 0.185. The highest BCUT2D eigenvalue weighted by atomic mass is 35.5. The topological polar surface area (TPSA) is 97.1 Å². The van der Waals surface area contributed by atoms with E-state index in [4.69, 9.17) is 16.0 Å². The zero-order valence-corrected chi connectivity index (χ0v) is 13.7. The number of carbonyl (C=O) groups is 1. The number of rotatable bonds is 5. The number of carbonyl (C=O) groups excluding carboxylic acids is 1. The Morgan fingerprint density at radius 3 is 2.60 bits per heavy atom. The molecule has 0 saturated heterocycles. The average molecular weight is 360 g/mol. The first kappa shape index (κ1) is 16.8. The summed E-state index contributed by atoms with van der Waals surface area (Å²) in [5.74, 6) is 0.864. The van der Waals surface area contributed by atoms with Gasteiger partial charge in [-0.25, -0.2) is 4.79 Å². The number of halogens is 1. The number of aromatic amines is 1. The number of hydrogen-bond donors (Lipinski definition) is 2. The van der Waals surface area contributed by atoms with Gasteiger partial charge in [0.2, 0.25) is 5.91 Å². The number of furan rings is 1. The van der Waals surface area contributed by atoms with Crippen molar-refractivity contribution in [3.05, 3.63) is 80.3 Å². The molecule has 1 aromatic carbocycles. The zero-order valence-electron chi connectivity index (χ0n) is 13.0. The van der Waals surface area contributed by atoms with E-state index in [1.807, 2.05) is 12.1 Å². The molecule has 3 aromatic rings. The summed E-state index contributed by atoms with van der Waals surface area (Å²) >= 11 is 5.85. The largest absolute Gasteiger partial charge is 0.459 e. The SMILES string of the molecule is O=C(Cn1ccc(=O)[nH]c1=O)NCc1ccc(-c2ccc(Cl)cc2)o1. The predicted molar refractivity (Wildman–Crippen MR) is 92.3 cm³/mol. The maximum absolute atomic E-state index is 11.9. The van der Waals surface area contributed by atoms with E-state index in [-0.39, 0.29) is 19.0 Å². The third kappa shape index (κ3) is 4.27. The molecule has 0 aliphatic heterocycles. The summed E-state index contributed by atoms with van der Waals surface area (Å²) in [6, 6.07) is 12.0. The number of nitrogens with one attached hydrogen (secondary N) is 2. The molecule has 2 N–H and O–H groups in total. The summed E-state index contributed by atoms with van der Waals surface area (Å²) in [5.41, 5.74) is -0.264. The van der Waals surface area contributed by atoms with Gasteiger partial charge in [0, 0.05) is 22.8 Å². The van der Waals surface area contributed by atoms with Gasteiger partial charge in [-0.15, -0.1) is 0 Å². The van der Waals surface area contributed by atoms with Crippen LogP contribution in [0.3, 0.4) is 0 Å². The van der Waals surface area contributed by atoms with E-state index in [9.17, 15) is 14.4 Å². The molecule has 128 valence electrons. The summed E-state index contributed by atoms with van der Waals surface area (Å²) in [5, 5.41) is 3.30. The molecule has 0 bridgehead atoms. The third-order valence-electron chi connectivity index (χ3n) is 3.46. The van der Waals surface area contributed by atoms with Gasteiger partial charge in [-0.1, -0.05) is 11.6 Å². The van der Waals surface area contributed by atoms with Gasteiger partial charge in [-0.3, -0.25) is 19.1 Å². The number of aromatic nitrogens is 2. The van der Waals surface area contributed by atoms with Crippen molar-refractivity contribution >= 4 is 17.5 Å². The molecular weight excluding hydrogens is 346 g/mol. The molecule has 0 spiro atoms. The van der Waals surface area contributed by atoms with Gasteiger partial charge in [0.25, 0.3) is 5.56 Å². The summed E-state index contributed by atoms with van der Waals surface area (Å²) in [6.45, 7) is -0.00904. The lowest BCUT2D eigenvalue weighted by atomic mass is 10.2. The highest BCUT2D eigenvalue weighted by Crippen LogP contribution is 2.23. The van der Waals surface area contributed by atoms with Crippen molar-refractivity contribution in [3.63, 3.8) is 0 Å². The molecule has 7 nitrogen and oxygen atoms in total. The molecular formula is C17H14ClN3O4. The molecule has 0 aliphatic rings. The lowest BCUT2D eigenvalue weighted by Gasteiger charge is -2.05. The summed E-state index contributed by atoms with van der Waals surface area (Å²) in [7, 11) is 0. The lowest BCUT2D eigenvalue weighted by molar-refractivity contribution is -0.122. The molecule has 0 radical (unpaired) electrons. The number of H-pyrrole nitrogens is 1. The van der Waals surface area contributed by atoms with Gasteiger partial charge < -0.3 is 9.73 Å². The van der Waals surface area contributed by atoms with Crippen LogP contribution in [0.15, 0.2) is 62.7 Å².